The molecule has 5 nitrogen and oxygen atoms in total. The van der Waals surface area contributed by atoms with Gasteiger partial charge in [0.2, 0.25) is 0 Å². The number of aromatic amines is 1. The average Bonchev–Trinajstić information content (AvgIpc) is 3.05. The molecule has 1 saturated heterocycles. The van der Waals surface area contributed by atoms with Crippen molar-refractivity contribution < 1.29 is 4.74 Å². The van der Waals surface area contributed by atoms with Crippen molar-refractivity contribution in [3.8, 4) is 6.07 Å². The number of nitriles is 1. The van der Waals surface area contributed by atoms with E-state index in [1.807, 2.05) is 6.07 Å². The van der Waals surface area contributed by atoms with Gasteiger partial charge in [-0.05, 0) is 18.9 Å². The third-order valence-corrected chi connectivity index (χ3v) is 3.72. The van der Waals surface area contributed by atoms with E-state index in [9.17, 15) is 5.26 Å². The van der Waals surface area contributed by atoms with Crippen molar-refractivity contribution >= 4 is 16.7 Å². The maximum atomic E-state index is 9.22. The Morgan fingerprint density at radius 1 is 1.63 bits per heavy atom. The Labute approximate surface area is 111 Å². The molecule has 0 aromatic carbocycles. The van der Waals surface area contributed by atoms with E-state index in [2.05, 4.69) is 20.9 Å². The predicted molar refractivity (Wildman–Crippen MR) is 73.1 cm³/mol. The van der Waals surface area contributed by atoms with Gasteiger partial charge < -0.3 is 14.6 Å². The molecule has 0 unspecified atom stereocenters. The van der Waals surface area contributed by atoms with E-state index in [1.165, 1.54) is 0 Å². The summed E-state index contributed by atoms with van der Waals surface area (Å²) in [6.45, 7) is 1.72. The summed E-state index contributed by atoms with van der Waals surface area (Å²) in [6, 6.07) is 4.61. The fraction of sp³-hybridized carbons (Fsp3) is 0.429. The number of fused-ring (bicyclic) bond motifs is 1. The third-order valence-electron chi connectivity index (χ3n) is 3.72. The molecule has 98 valence electrons. The van der Waals surface area contributed by atoms with Crippen LogP contribution in [0.1, 0.15) is 18.4 Å². The molecule has 0 saturated carbocycles. The molecule has 3 heterocycles. The van der Waals surface area contributed by atoms with Gasteiger partial charge in [-0.3, -0.25) is 0 Å². The lowest BCUT2D eigenvalue weighted by molar-refractivity contribution is 0.181. The fourth-order valence-electron chi connectivity index (χ4n) is 2.89. The number of H-pyrrole nitrogens is 1. The van der Waals surface area contributed by atoms with Crippen molar-refractivity contribution in [2.45, 2.75) is 18.9 Å². The quantitative estimate of drug-likeness (QED) is 0.912. The van der Waals surface area contributed by atoms with Gasteiger partial charge in [0.15, 0.2) is 0 Å². The maximum Gasteiger partial charge on any atom is 0.140 e. The number of nitrogens with one attached hydrogen (secondary N) is 1. The lowest BCUT2D eigenvalue weighted by Gasteiger charge is -2.26. The first kappa shape index (κ1) is 12.0. The highest BCUT2D eigenvalue weighted by atomic mass is 16.5. The smallest absolute Gasteiger partial charge is 0.140 e. The minimum absolute atomic E-state index is 0.386. The molecule has 1 aliphatic rings. The molecule has 19 heavy (non-hydrogen) atoms. The van der Waals surface area contributed by atoms with Gasteiger partial charge >= 0.3 is 0 Å². The number of anilines is 1. The van der Waals surface area contributed by atoms with Gasteiger partial charge in [-0.2, -0.15) is 5.26 Å². The molecule has 1 N–H and O–H groups in total. The van der Waals surface area contributed by atoms with Crippen LogP contribution < -0.4 is 4.90 Å². The molecule has 0 bridgehead atoms. The summed E-state index contributed by atoms with van der Waals surface area (Å²) in [6.07, 6.45) is 5.80. The lowest BCUT2D eigenvalue weighted by atomic mass is 10.1. The summed E-state index contributed by atoms with van der Waals surface area (Å²) in [5, 5.41) is 10.1. The predicted octanol–water partition coefficient (Wildman–Crippen LogP) is 2.05. The SMILES string of the molecule is COC[C@@H]1CCCN1c1ccnc2[nH]cc(C#N)c12. The van der Waals surface area contributed by atoms with Gasteiger partial charge in [0.1, 0.15) is 11.7 Å². The van der Waals surface area contributed by atoms with Gasteiger partial charge in [0.05, 0.1) is 29.3 Å². The third kappa shape index (κ3) is 1.94. The van der Waals surface area contributed by atoms with E-state index in [1.54, 1.807) is 19.5 Å². The van der Waals surface area contributed by atoms with Crippen molar-refractivity contribution in [1.82, 2.24) is 9.97 Å². The second kappa shape index (κ2) is 4.90. The van der Waals surface area contributed by atoms with Crippen LogP contribution in [-0.2, 0) is 4.74 Å². The molecular formula is C14H16N4O. The summed E-state index contributed by atoms with van der Waals surface area (Å²) in [5.41, 5.74) is 2.51. The van der Waals surface area contributed by atoms with E-state index in [0.717, 1.165) is 42.7 Å². The summed E-state index contributed by atoms with van der Waals surface area (Å²) < 4.78 is 5.30. The molecule has 1 atom stereocenters. The van der Waals surface area contributed by atoms with E-state index in [-0.39, 0.29) is 0 Å². The molecule has 3 rings (SSSR count). The highest BCUT2D eigenvalue weighted by Crippen LogP contribution is 2.33. The highest BCUT2D eigenvalue weighted by Gasteiger charge is 2.27. The summed E-state index contributed by atoms with van der Waals surface area (Å²) in [5.74, 6) is 0. The van der Waals surface area contributed by atoms with Crippen LogP contribution in [0, 0.1) is 11.3 Å². The Balaban J connectivity index is 2.09. The van der Waals surface area contributed by atoms with Crippen LogP contribution >= 0.6 is 0 Å². The van der Waals surface area contributed by atoms with Gasteiger partial charge in [-0.1, -0.05) is 0 Å². The monoisotopic (exact) mass is 256 g/mol. The van der Waals surface area contributed by atoms with Crippen molar-refractivity contribution in [2.75, 3.05) is 25.2 Å². The van der Waals surface area contributed by atoms with Crippen LogP contribution in [0.15, 0.2) is 18.5 Å². The Bertz CT molecular complexity index is 628. The number of nitrogens with zero attached hydrogens (tertiary/aromatic N) is 3. The van der Waals surface area contributed by atoms with E-state index in [4.69, 9.17) is 4.74 Å². The number of pyridine rings is 1. The Hall–Kier alpha value is -2.06. The number of ether oxygens (including phenoxy) is 1. The topological polar surface area (TPSA) is 64.9 Å². The molecule has 0 spiro atoms. The molecule has 2 aromatic heterocycles. The minimum atomic E-state index is 0.386. The van der Waals surface area contributed by atoms with Gasteiger partial charge in [-0.15, -0.1) is 0 Å². The van der Waals surface area contributed by atoms with Gasteiger partial charge in [0, 0.05) is 26.0 Å². The normalized spacial score (nSPS) is 18.9. The van der Waals surface area contributed by atoms with E-state index >= 15 is 0 Å². The van der Waals surface area contributed by atoms with Crippen LogP contribution in [0.25, 0.3) is 11.0 Å². The van der Waals surface area contributed by atoms with Crippen molar-refractivity contribution in [3.63, 3.8) is 0 Å². The standard InChI is InChI=1S/C14H16N4O/c1-19-9-11-3-2-6-18(11)12-4-5-16-14-13(12)10(7-15)8-17-14/h4-5,8,11H,2-3,6,9H2,1H3,(H,16,17)/t11-/m0/s1. The number of methoxy groups -OCH3 is 1. The zero-order valence-electron chi connectivity index (χ0n) is 10.9. The number of hydrogen-bond acceptors (Lipinski definition) is 4. The van der Waals surface area contributed by atoms with Crippen LogP contribution in [-0.4, -0.2) is 36.3 Å². The number of hydrogen-bond donors (Lipinski definition) is 1. The van der Waals surface area contributed by atoms with Crippen LogP contribution in [0.2, 0.25) is 0 Å². The van der Waals surface area contributed by atoms with Crippen molar-refractivity contribution in [1.29, 1.82) is 5.26 Å². The first-order valence-electron chi connectivity index (χ1n) is 6.47. The second-order valence-corrected chi connectivity index (χ2v) is 4.81. The zero-order valence-corrected chi connectivity index (χ0v) is 10.9. The minimum Gasteiger partial charge on any atom is -0.383 e. The van der Waals surface area contributed by atoms with Crippen molar-refractivity contribution in [2.24, 2.45) is 0 Å². The van der Waals surface area contributed by atoms with Gasteiger partial charge in [0.25, 0.3) is 0 Å². The molecular weight excluding hydrogens is 240 g/mol. The summed E-state index contributed by atoms with van der Waals surface area (Å²) >= 11 is 0. The van der Waals surface area contributed by atoms with Crippen LogP contribution in [0.4, 0.5) is 5.69 Å². The van der Waals surface area contributed by atoms with Crippen LogP contribution in [0.5, 0.6) is 0 Å². The van der Waals surface area contributed by atoms with Crippen LogP contribution in [0.3, 0.4) is 0 Å². The molecule has 2 aromatic rings. The molecule has 5 heteroatoms. The second-order valence-electron chi connectivity index (χ2n) is 4.81. The summed E-state index contributed by atoms with van der Waals surface area (Å²) in [4.78, 5) is 9.68. The lowest BCUT2D eigenvalue weighted by Crippen LogP contribution is -2.32. The Morgan fingerprint density at radius 2 is 2.53 bits per heavy atom. The van der Waals surface area contributed by atoms with Gasteiger partial charge in [-0.25, -0.2) is 4.98 Å². The molecule has 1 aliphatic heterocycles. The van der Waals surface area contributed by atoms with E-state index in [0.29, 0.717) is 11.6 Å². The number of rotatable bonds is 3. The molecule has 0 aliphatic carbocycles. The Kier molecular flexibility index (Phi) is 3.10. The number of aromatic nitrogens is 2. The largest absolute Gasteiger partial charge is 0.383 e. The van der Waals surface area contributed by atoms with Crippen molar-refractivity contribution in [3.05, 3.63) is 24.0 Å². The fourth-order valence-corrected chi connectivity index (χ4v) is 2.89. The Morgan fingerprint density at radius 3 is 3.32 bits per heavy atom. The summed E-state index contributed by atoms with van der Waals surface area (Å²) in [7, 11) is 1.73. The molecule has 0 radical (unpaired) electrons. The zero-order chi connectivity index (χ0) is 13.2. The first-order chi connectivity index (χ1) is 9.35. The molecule has 0 amide bonds. The van der Waals surface area contributed by atoms with E-state index < -0.39 is 0 Å². The highest BCUT2D eigenvalue weighted by molar-refractivity contribution is 5.95. The first-order valence-corrected chi connectivity index (χ1v) is 6.47. The molecule has 1 fully saturated rings. The average molecular weight is 256 g/mol. The maximum absolute atomic E-state index is 9.22.